The van der Waals surface area contributed by atoms with Gasteiger partial charge in [0.15, 0.2) is 0 Å². The van der Waals surface area contributed by atoms with Crippen molar-refractivity contribution in [2.45, 2.75) is 90.1 Å². The quantitative estimate of drug-likeness (QED) is 0.515. The maximum atomic E-state index is 6.47. The smallest absolute Gasteiger partial charge is 0.0983 e. The van der Waals surface area contributed by atoms with Crippen LogP contribution in [-0.4, -0.2) is 7.11 Å². The molecule has 1 unspecified atom stereocenters. The summed E-state index contributed by atoms with van der Waals surface area (Å²) in [5.74, 6) is 2.79. The lowest BCUT2D eigenvalue weighted by Crippen LogP contribution is -2.42. The van der Waals surface area contributed by atoms with Crippen molar-refractivity contribution >= 4 is 0 Å². The molecule has 0 bridgehead atoms. The first-order chi connectivity index (χ1) is 12.1. The third-order valence-electron chi connectivity index (χ3n) is 7.30. The molecule has 3 rings (SSSR count). The molecule has 2 aliphatic rings. The van der Waals surface area contributed by atoms with Gasteiger partial charge in [-0.15, -0.1) is 0 Å². The van der Waals surface area contributed by atoms with E-state index in [1.54, 1.807) is 0 Å². The van der Waals surface area contributed by atoms with Crippen molar-refractivity contribution in [2.24, 2.45) is 17.8 Å². The van der Waals surface area contributed by atoms with Crippen molar-refractivity contribution in [3.8, 4) is 0 Å². The molecule has 0 aliphatic heterocycles. The Morgan fingerprint density at radius 3 is 1.76 bits per heavy atom. The molecule has 0 radical (unpaired) electrons. The number of rotatable bonds is 7. The van der Waals surface area contributed by atoms with Crippen LogP contribution in [0.1, 0.15) is 95.6 Å². The summed E-state index contributed by atoms with van der Waals surface area (Å²) in [6.07, 6.45) is 12.1. The lowest BCUT2D eigenvalue weighted by atomic mass is 9.70. The van der Waals surface area contributed by atoms with Crippen LogP contribution in [-0.2, 0) is 10.3 Å². The molecule has 0 aromatic heterocycles. The Morgan fingerprint density at radius 1 is 0.920 bits per heavy atom. The van der Waals surface area contributed by atoms with Crippen LogP contribution in [0.15, 0.2) is 24.3 Å². The fourth-order valence-corrected chi connectivity index (χ4v) is 6.05. The molecule has 1 nitrogen and oxygen atoms in total. The number of hydrogen-bond acceptors (Lipinski definition) is 1. The molecule has 25 heavy (non-hydrogen) atoms. The summed E-state index contributed by atoms with van der Waals surface area (Å²) < 4.78 is 6.47. The predicted molar refractivity (Wildman–Crippen MR) is 107 cm³/mol. The zero-order valence-electron chi connectivity index (χ0n) is 16.9. The fourth-order valence-electron chi connectivity index (χ4n) is 6.05. The summed E-state index contributed by atoms with van der Waals surface area (Å²) in [6, 6.07) is 9.64. The van der Waals surface area contributed by atoms with Gasteiger partial charge in [0, 0.05) is 7.11 Å². The minimum absolute atomic E-state index is 0.0366. The van der Waals surface area contributed by atoms with Crippen LogP contribution < -0.4 is 0 Å². The van der Waals surface area contributed by atoms with Crippen LogP contribution in [0.3, 0.4) is 0 Å². The third-order valence-corrected chi connectivity index (χ3v) is 7.30. The molecule has 1 aromatic rings. The van der Waals surface area contributed by atoms with Gasteiger partial charge < -0.3 is 4.74 Å². The third kappa shape index (κ3) is 3.54. The standard InChI is InChI=1S/C24H38O/c1-5-23(18(2)3)19-14-16-22(17-15-19)24(25-4,20-10-6-7-11-20)21-12-8-9-13-21/h14-18,20-21,23H,5-13H2,1-4H3. The van der Waals surface area contributed by atoms with E-state index in [0.29, 0.717) is 23.7 Å². The number of methoxy groups -OCH3 is 1. The van der Waals surface area contributed by atoms with Crippen molar-refractivity contribution in [1.29, 1.82) is 0 Å². The molecular formula is C24H38O. The second-order valence-electron chi connectivity index (χ2n) is 8.84. The molecule has 140 valence electrons. The van der Waals surface area contributed by atoms with Crippen molar-refractivity contribution in [2.75, 3.05) is 7.11 Å². The van der Waals surface area contributed by atoms with Crippen LogP contribution >= 0.6 is 0 Å². The van der Waals surface area contributed by atoms with E-state index < -0.39 is 0 Å². The van der Waals surface area contributed by atoms with Crippen LogP contribution in [0.25, 0.3) is 0 Å². The number of ether oxygens (including phenoxy) is 1. The van der Waals surface area contributed by atoms with E-state index in [9.17, 15) is 0 Å². The molecule has 2 aliphatic carbocycles. The van der Waals surface area contributed by atoms with E-state index in [1.807, 2.05) is 7.11 Å². The first kappa shape index (κ1) is 19.0. The molecule has 2 saturated carbocycles. The molecular weight excluding hydrogens is 304 g/mol. The van der Waals surface area contributed by atoms with Gasteiger partial charge in [-0.3, -0.25) is 0 Å². The Labute approximate surface area is 155 Å². The Kier molecular flexibility index (Phi) is 6.25. The van der Waals surface area contributed by atoms with Crippen molar-refractivity contribution < 1.29 is 4.74 Å². The number of benzene rings is 1. The first-order valence-electron chi connectivity index (χ1n) is 10.8. The topological polar surface area (TPSA) is 9.23 Å². The Morgan fingerprint density at radius 2 is 1.40 bits per heavy atom. The van der Waals surface area contributed by atoms with Crippen molar-refractivity contribution in [3.05, 3.63) is 35.4 Å². The maximum absolute atomic E-state index is 6.47. The van der Waals surface area contributed by atoms with Gasteiger partial charge in [-0.2, -0.15) is 0 Å². The van der Waals surface area contributed by atoms with E-state index in [2.05, 4.69) is 45.0 Å². The number of hydrogen-bond donors (Lipinski definition) is 0. The van der Waals surface area contributed by atoms with Gasteiger partial charge in [-0.25, -0.2) is 0 Å². The summed E-state index contributed by atoms with van der Waals surface area (Å²) in [4.78, 5) is 0. The minimum Gasteiger partial charge on any atom is -0.373 e. The highest BCUT2D eigenvalue weighted by Crippen LogP contribution is 2.52. The van der Waals surface area contributed by atoms with Gasteiger partial charge in [0.05, 0.1) is 5.60 Å². The second-order valence-corrected chi connectivity index (χ2v) is 8.84. The predicted octanol–water partition coefficient (Wildman–Crippen LogP) is 7.06. The lowest BCUT2D eigenvalue weighted by molar-refractivity contribution is -0.107. The average molecular weight is 343 g/mol. The summed E-state index contributed by atoms with van der Waals surface area (Å²) in [5.41, 5.74) is 2.92. The Bertz CT molecular complexity index is 502. The molecule has 2 fully saturated rings. The van der Waals surface area contributed by atoms with E-state index in [-0.39, 0.29) is 5.60 Å². The van der Waals surface area contributed by atoms with Crippen LogP contribution in [0, 0.1) is 17.8 Å². The van der Waals surface area contributed by atoms with Gasteiger partial charge >= 0.3 is 0 Å². The summed E-state index contributed by atoms with van der Waals surface area (Å²) >= 11 is 0. The van der Waals surface area contributed by atoms with Crippen LogP contribution in [0.4, 0.5) is 0 Å². The first-order valence-corrected chi connectivity index (χ1v) is 10.8. The fraction of sp³-hybridized carbons (Fsp3) is 0.750. The van der Waals surface area contributed by atoms with E-state index in [4.69, 9.17) is 4.74 Å². The molecule has 1 atom stereocenters. The monoisotopic (exact) mass is 342 g/mol. The Hall–Kier alpha value is -0.820. The minimum atomic E-state index is -0.0366. The van der Waals surface area contributed by atoms with E-state index in [0.717, 1.165) is 0 Å². The van der Waals surface area contributed by atoms with Gasteiger partial charge in [0.1, 0.15) is 0 Å². The van der Waals surface area contributed by atoms with Gasteiger partial charge in [-0.1, -0.05) is 70.7 Å². The van der Waals surface area contributed by atoms with Crippen LogP contribution in [0.5, 0.6) is 0 Å². The zero-order chi connectivity index (χ0) is 17.9. The van der Waals surface area contributed by atoms with E-state index in [1.165, 1.54) is 68.9 Å². The largest absolute Gasteiger partial charge is 0.373 e. The zero-order valence-corrected chi connectivity index (χ0v) is 16.9. The maximum Gasteiger partial charge on any atom is 0.0983 e. The summed E-state index contributed by atoms with van der Waals surface area (Å²) in [5, 5.41) is 0. The highest BCUT2D eigenvalue weighted by atomic mass is 16.5. The summed E-state index contributed by atoms with van der Waals surface area (Å²) in [6.45, 7) is 7.01. The molecule has 1 heteroatoms. The molecule has 1 aromatic carbocycles. The highest BCUT2D eigenvalue weighted by molar-refractivity contribution is 5.31. The van der Waals surface area contributed by atoms with Gasteiger partial charge in [0.25, 0.3) is 0 Å². The van der Waals surface area contributed by atoms with Crippen LogP contribution in [0.2, 0.25) is 0 Å². The average Bonchev–Trinajstić information content (AvgIpc) is 3.32. The SMILES string of the molecule is CCC(c1ccc(C(OC)(C2CCCC2)C2CCCC2)cc1)C(C)C. The molecule has 0 spiro atoms. The van der Waals surface area contributed by atoms with Crippen molar-refractivity contribution in [3.63, 3.8) is 0 Å². The summed E-state index contributed by atoms with van der Waals surface area (Å²) in [7, 11) is 1.98. The second kappa shape index (κ2) is 8.25. The lowest BCUT2D eigenvalue weighted by Gasteiger charge is -2.44. The molecule has 0 heterocycles. The van der Waals surface area contributed by atoms with E-state index >= 15 is 0 Å². The van der Waals surface area contributed by atoms with Crippen molar-refractivity contribution in [1.82, 2.24) is 0 Å². The normalized spacial score (nSPS) is 21.3. The molecule has 0 N–H and O–H groups in total. The van der Waals surface area contributed by atoms with Gasteiger partial charge in [-0.05, 0) is 66.9 Å². The molecule has 0 saturated heterocycles. The molecule has 0 amide bonds. The Balaban J connectivity index is 1.95. The van der Waals surface area contributed by atoms with Gasteiger partial charge in [0.2, 0.25) is 0 Å². The highest BCUT2D eigenvalue weighted by Gasteiger charge is 2.48.